The normalized spacial score (nSPS) is 12.9. The summed E-state index contributed by atoms with van der Waals surface area (Å²) in [4.78, 5) is 14.3. The second kappa shape index (κ2) is 7.88. The smallest absolute Gasteiger partial charge is 0.238 e. The van der Waals surface area contributed by atoms with Crippen molar-refractivity contribution in [2.24, 2.45) is 5.41 Å². The van der Waals surface area contributed by atoms with Crippen LogP contribution in [-0.2, 0) is 4.79 Å². The highest BCUT2D eigenvalue weighted by Gasteiger charge is 2.25. The van der Waals surface area contributed by atoms with E-state index in [4.69, 9.17) is 21.1 Å². The summed E-state index contributed by atoms with van der Waals surface area (Å²) in [5, 5.41) is 3.29. The lowest BCUT2D eigenvalue weighted by Gasteiger charge is -2.34. The molecule has 0 radical (unpaired) electrons. The van der Waals surface area contributed by atoms with Crippen molar-refractivity contribution < 1.29 is 14.3 Å². The molecule has 23 heavy (non-hydrogen) atoms. The van der Waals surface area contributed by atoms with Crippen molar-refractivity contribution in [1.82, 2.24) is 4.90 Å². The topological polar surface area (TPSA) is 50.8 Å². The molecule has 1 atom stereocenters. The Labute approximate surface area is 143 Å². The molecule has 6 heteroatoms. The maximum atomic E-state index is 12.3. The summed E-state index contributed by atoms with van der Waals surface area (Å²) in [7, 11) is 4.99. The lowest BCUT2D eigenvalue weighted by atomic mass is 9.87. The molecule has 1 amide bonds. The van der Waals surface area contributed by atoms with Crippen LogP contribution in [-0.4, -0.2) is 44.7 Å². The minimum absolute atomic E-state index is 0.0935. The minimum atomic E-state index is -0.119. The Morgan fingerprint density at radius 2 is 1.83 bits per heavy atom. The molecule has 5 nitrogen and oxygen atoms in total. The average molecular weight is 343 g/mol. The zero-order valence-corrected chi connectivity index (χ0v) is 15.7. The Balaban J connectivity index is 2.85. The largest absolute Gasteiger partial charge is 0.495 e. The van der Waals surface area contributed by atoms with Crippen LogP contribution in [0.4, 0.5) is 5.69 Å². The fraction of sp³-hybridized carbons (Fsp3) is 0.588. The van der Waals surface area contributed by atoms with Crippen LogP contribution >= 0.6 is 11.6 Å². The van der Waals surface area contributed by atoms with Gasteiger partial charge in [-0.2, -0.15) is 0 Å². The van der Waals surface area contributed by atoms with E-state index in [0.29, 0.717) is 22.2 Å². The number of carbonyl (C=O) groups is 1. The second-order valence-corrected chi connectivity index (χ2v) is 7.10. The van der Waals surface area contributed by atoms with Gasteiger partial charge < -0.3 is 14.8 Å². The second-order valence-electron chi connectivity index (χ2n) is 6.69. The molecule has 0 aliphatic heterocycles. The van der Waals surface area contributed by atoms with Gasteiger partial charge in [0, 0.05) is 18.2 Å². The van der Waals surface area contributed by atoms with E-state index in [1.54, 1.807) is 12.1 Å². The van der Waals surface area contributed by atoms with E-state index in [2.05, 4.69) is 33.0 Å². The summed E-state index contributed by atoms with van der Waals surface area (Å²) >= 11 is 6.07. The Morgan fingerprint density at radius 1 is 1.26 bits per heavy atom. The predicted octanol–water partition coefficient (Wildman–Crippen LogP) is 3.66. The van der Waals surface area contributed by atoms with Crippen molar-refractivity contribution in [3.8, 4) is 11.5 Å². The van der Waals surface area contributed by atoms with Gasteiger partial charge in [-0.1, -0.05) is 32.4 Å². The molecule has 0 fully saturated rings. The number of nitrogens with one attached hydrogen (secondary N) is 1. The highest BCUT2D eigenvalue weighted by Crippen LogP contribution is 2.35. The van der Waals surface area contributed by atoms with Crippen LogP contribution in [0.25, 0.3) is 0 Å². The first-order valence-electron chi connectivity index (χ1n) is 7.51. The maximum absolute atomic E-state index is 12.3. The average Bonchev–Trinajstić information content (AvgIpc) is 2.46. The number of hydrogen-bond acceptors (Lipinski definition) is 4. The Hall–Kier alpha value is -1.46. The fourth-order valence-corrected chi connectivity index (χ4v) is 2.40. The van der Waals surface area contributed by atoms with Gasteiger partial charge in [0.2, 0.25) is 5.91 Å². The number of ether oxygens (including phenoxy) is 2. The Kier molecular flexibility index (Phi) is 6.71. The van der Waals surface area contributed by atoms with Crippen molar-refractivity contribution in [2.45, 2.75) is 33.7 Å². The summed E-state index contributed by atoms with van der Waals surface area (Å²) in [6.07, 6.45) is 0. The molecule has 0 spiro atoms. The molecule has 1 aromatic rings. The summed E-state index contributed by atoms with van der Waals surface area (Å²) in [6, 6.07) is 3.54. The maximum Gasteiger partial charge on any atom is 0.238 e. The number of rotatable bonds is 6. The first kappa shape index (κ1) is 19.6. The SMILES string of the molecule is COc1cc(NC(=O)CN(C)C(C)C(C)(C)C)c(OC)cc1Cl. The molecule has 0 bridgehead atoms. The van der Waals surface area contributed by atoms with Gasteiger partial charge in [0.15, 0.2) is 0 Å². The highest BCUT2D eigenvalue weighted by atomic mass is 35.5. The molecule has 0 aromatic heterocycles. The zero-order valence-electron chi connectivity index (χ0n) is 15.0. The van der Waals surface area contributed by atoms with Gasteiger partial charge >= 0.3 is 0 Å². The number of halogens is 1. The molecular formula is C17H27ClN2O3. The standard InChI is InChI=1S/C17H27ClN2O3/c1-11(17(2,3)4)20(5)10-16(21)19-13-9-14(22-6)12(18)8-15(13)23-7/h8-9,11H,10H2,1-7H3,(H,19,21). The summed E-state index contributed by atoms with van der Waals surface area (Å²) in [6.45, 7) is 8.85. The number of amides is 1. The van der Waals surface area contributed by atoms with Crippen molar-refractivity contribution in [1.29, 1.82) is 0 Å². The molecule has 0 aliphatic carbocycles. The van der Waals surface area contributed by atoms with Gasteiger partial charge in [0.25, 0.3) is 0 Å². The van der Waals surface area contributed by atoms with Crippen molar-refractivity contribution in [3.05, 3.63) is 17.2 Å². The quantitative estimate of drug-likeness (QED) is 0.857. The minimum Gasteiger partial charge on any atom is -0.495 e. The summed E-state index contributed by atoms with van der Waals surface area (Å²) in [5.41, 5.74) is 0.631. The first-order valence-corrected chi connectivity index (χ1v) is 7.89. The lowest BCUT2D eigenvalue weighted by Crippen LogP contribution is -2.43. The lowest BCUT2D eigenvalue weighted by molar-refractivity contribution is -0.117. The molecule has 0 saturated heterocycles. The van der Waals surface area contributed by atoms with Crippen molar-refractivity contribution in [3.63, 3.8) is 0 Å². The van der Waals surface area contributed by atoms with Crippen LogP contribution in [0.2, 0.25) is 5.02 Å². The third-order valence-corrected chi connectivity index (χ3v) is 4.35. The number of likely N-dealkylation sites (N-methyl/N-ethyl adjacent to an activating group) is 1. The van der Waals surface area contributed by atoms with Gasteiger partial charge in [-0.3, -0.25) is 9.69 Å². The summed E-state index contributed by atoms with van der Waals surface area (Å²) < 4.78 is 10.4. The number of carbonyl (C=O) groups excluding carboxylic acids is 1. The number of nitrogens with zero attached hydrogens (tertiary/aromatic N) is 1. The van der Waals surface area contributed by atoms with E-state index in [9.17, 15) is 4.79 Å². The van der Waals surface area contributed by atoms with E-state index in [0.717, 1.165) is 0 Å². The van der Waals surface area contributed by atoms with Crippen LogP contribution in [0.3, 0.4) is 0 Å². The third-order valence-electron chi connectivity index (χ3n) is 4.06. The highest BCUT2D eigenvalue weighted by molar-refractivity contribution is 6.32. The Bertz CT molecular complexity index is 556. The molecule has 1 rings (SSSR count). The van der Waals surface area contributed by atoms with E-state index in [-0.39, 0.29) is 23.9 Å². The predicted molar refractivity (Wildman–Crippen MR) is 94.7 cm³/mol. The zero-order chi connectivity index (χ0) is 17.8. The van der Waals surface area contributed by atoms with Gasteiger partial charge in [-0.15, -0.1) is 0 Å². The van der Waals surface area contributed by atoms with Crippen molar-refractivity contribution in [2.75, 3.05) is 33.1 Å². The molecule has 1 aromatic carbocycles. The van der Waals surface area contributed by atoms with Crippen LogP contribution in [0, 0.1) is 5.41 Å². The fourth-order valence-electron chi connectivity index (χ4n) is 2.17. The van der Waals surface area contributed by atoms with Crippen LogP contribution in [0.1, 0.15) is 27.7 Å². The van der Waals surface area contributed by atoms with E-state index < -0.39 is 0 Å². The molecule has 1 N–H and O–H groups in total. The van der Waals surface area contributed by atoms with Gasteiger partial charge in [-0.25, -0.2) is 0 Å². The van der Waals surface area contributed by atoms with E-state index in [1.807, 2.05) is 11.9 Å². The monoisotopic (exact) mass is 342 g/mol. The summed E-state index contributed by atoms with van der Waals surface area (Å²) in [5.74, 6) is 0.862. The number of hydrogen-bond donors (Lipinski definition) is 1. The molecular weight excluding hydrogens is 316 g/mol. The number of benzene rings is 1. The van der Waals surface area contributed by atoms with Crippen molar-refractivity contribution >= 4 is 23.2 Å². The van der Waals surface area contributed by atoms with Gasteiger partial charge in [-0.05, 0) is 19.4 Å². The molecule has 0 heterocycles. The van der Waals surface area contributed by atoms with Gasteiger partial charge in [0.1, 0.15) is 11.5 Å². The Morgan fingerprint density at radius 3 is 2.30 bits per heavy atom. The van der Waals surface area contributed by atoms with Gasteiger partial charge in [0.05, 0.1) is 31.5 Å². The molecule has 130 valence electrons. The third kappa shape index (κ3) is 5.29. The van der Waals surface area contributed by atoms with E-state index >= 15 is 0 Å². The first-order chi connectivity index (χ1) is 10.6. The number of methoxy groups -OCH3 is 2. The van der Waals surface area contributed by atoms with Crippen LogP contribution < -0.4 is 14.8 Å². The molecule has 0 saturated carbocycles. The molecule has 0 aliphatic rings. The van der Waals surface area contributed by atoms with Crippen LogP contribution in [0.5, 0.6) is 11.5 Å². The van der Waals surface area contributed by atoms with E-state index in [1.165, 1.54) is 14.2 Å². The number of anilines is 1. The molecule has 1 unspecified atom stereocenters. The van der Waals surface area contributed by atoms with Crippen LogP contribution in [0.15, 0.2) is 12.1 Å².